The lowest BCUT2D eigenvalue weighted by Gasteiger charge is -2.28. The maximum Gasteiger partial charge on any atom is 0.0414 e. The van der Waals surface area contributed by atoms with Crippen LogP contribution in [0.25, 0.3) is 0 Å². The molecule has 1 N–H and O–H groups in total. The van der Waals surface area contributed by atoms with E-state index < -0.39 is 0 Å². The van der Waals surface area contributed by atoms with Crippen molar-refractivity contribution in [1.82, 2.24) is 5.32 Å². The van der Waals surface area contributed by atoms with E-state index >= 15 is 0 Å². The summed E-state index contributed by atoms with van der Waals surface area (Å²) >= 11 is 0. The molecule has 0 amide bonds. The number of hydrogen-bond donors (Lipinski definition) is 1. The smallest absolute Gasteiger partial charge is 0.0414 e. The van der Waals surface area contributed by atoms with Gasteiger partial charge >= 0.3 is 0 Å². The molecule has 0 heterocycles. The lowest BCUT2D eigenvalue weighted by atomic mass is 10.1. The van der Waals surface area contributed by atoms with Gasteiger partial charge in [0.15, 0.2) is 0 Å². The molecule has 2 heteroatoms. The average Bonchev–Trinajstić information content (AvgIpc) is 3.22. The molecule has 19 heavy (non-hydrogen) atoms. The van der Waals surface area contributed by atoms with Gasteiger partial charge in [-0.15, -0.1) is 0 Å². The Kier molecular flexibility index (Phi) is 5.26. The third kappa shape index (κ3) is 4.24. The summed E-state index contributed by atoms with van der Waals surface area (Å²) in [6, 6.07) is 9.69. The zero-order chi connectivity index (χ0) is 13.7. The van der Waals surface area contributed by atoms with Crippen LogP contribution in [0, 0.1) is 5.92 Å². The Morgan fingerprint density at radius 2 is 2.00 bits per heavy atom. The summed E-state index contributed by atoms with van der Waals surface area (Å²) in [5.41, 5.74) is 2.90. The van der Waals surface area contributed by atoms with Crippen molar-refractivity contribution in [2.75, 3.05) is 18.0 Å². The third-order valence-electron chi connectivity index (χ3n) is 3.80. The Morgan fingerprint density at radius 3 is 2.63 bits per heavy atom. The minimum absolute atomic E-state index is 0.780. The Balaban J connectivity index is 2.11. The number of benzene rings is 1. The first kappa shape index (κ1) is 14.4. The van der Waals surface area contributed by atoms with Gasteiger partial charge < -0.3 is 10.2 Å². The summed E-state index contributed by atoms with van der Waals surface area (Å²) in [5, 5.41) is 3.46. The highest BCUT2D eigenvalue weighted by molar-refractivity contribution is 5.55. The van der Waals surface area contributed by atoms with Crippen molar-refractivity contribution in [3.05, 3.63) is 29.8 Å². The van der Waals surface area contributed by atoms with Crippen molar-refractivity contribution in [1.29, 1.82) is 0 Å². The largest absolute Gasteiger partial charge is 0.368 e. The Bertz CT molecular complexity index is 383. The van der Waals surface area contributed by atoms with Gasteiger partial charge in [-0.25, -0.2) is 0 Å². The van der Waals surface area contributed by atoms with Crippen LogP contribution in [0.2, 0.25) is 0 Å². The fourth-order valence-electron chi connectivity index (χ4n) is 2.48. The molecule has 106 valence electrons. The van der Waals surface area contributed by atoms with Crippen LogP contribution in [0.15, 0.2) is 24.3 Å². The minimum Gasteiger partial charge on any atom is -0.368 e. The van der Waals surface area contributed by atoms with Gasteiger partial charge in [0.25, 0.3) is 0 Å². The molecule has 2 nitrogen and oxygen atoms in total. The maximum atomic E-state index is 3.46. The van der Waals surface area contributed by atoms with Gasteiger partial charge in [-0.1, -0.05) is 39.0 Å². The standard InChI is InChI=1S/C17H28N2/c1-4-18-13-15-7-5-6-8-17(15)19(16-9-10-16)12-11-14(2)3/h5-8,14,16,18H,4,9-13H2,1-3H3. The highest BCUT2D eigenvalue weighted by atomic mass is 15.2. The minimum atomic E-state index is 0.780. The molecule has 0 aliphatic heterocycles. The van der Waals surface area contributed by atoms with Crippen LogP contribution in [0.3, 0.4) is 0 Å². The topological polar surface area (TPSA) is 15.3 Å². The van der Waals surface area contributed by atoms with Gasteiger partial charge in [0.1, 0.15) is 0 Å². The number of nitrogens with one attached hydrogen (secondary N) is 1. The Labute approximate surface area is 118 Å². The van der Waals surface area contributed by atoms with Gasteiger partial charge in [0.05, 0.1) is 0 Å². The average molecular weight is 260 g/mol. The molecule has 1 aromatic carbocycles. The number of anilines is 1. The van der Waals surface area contributed by atoms with E-state index in [4.69, 9.17) is 0 Å². The molecule has 1 aliphatic rings. The van der Waals surface area contributed by atoms with E-state index in [9.17, 15) is 0 Å². The molecule has 0 radical (unpaired) electrons. The van der Waals surface area contributed by atoms with E-state index in [1.54, 1.807) is 0 Å². The first-order chi connectivity index (χ1) is 9.22. The monoisotopic (exact) mass is 260 g/mol. The second-order valence-corrected chi connectivity index (χ2v) is 6.02. The van der Waals surface area contributed by atoms with Crippen molar-refractivity contribution in [3.8, 4) is 0 Å². The summed E-state index contributed by atoms with van der Waals surface area (Å²) in [6.07, 6.45) is 4.02. The molecule has 0 unspecified atom stereocenters. The van der Waals surface area contributed by atoms with Crippen LogP contribution in [0.4, 0.5) is 5.69 Å². The normalized spacial score (nSPS) is 14.9. The molecule has 0 bridgehead atoms. The quantitative estimate of drug-likeness (QED) is 0.764. The van der Waals surface area contributed by atoms with Crippen molar-refractivity contribution in [2.45, 2.75) is 52.6 Å². The number of para-hydroxylation sites is 1. The van der Waals surface area contributed by atoms with Gasteiger partial charge in [0.2, 0.25) is 0 Å². The molecule has 1 aliphatic carbocycles. The fraction of sp³-hybridized carbons (Fsp3) is 0.647. The van der Waals surface area contributed by atoms with E-state index in [0.717, 1.165) is 25.0 Å². The van der Waals surface area contributed by atoms with Gasteiger partial charge in [-0.2, -0.15) is 0 Å². The number of rotatable bonds is 8. The number of nitrogens with zero attached hydrogens (tertiary/aromatic N) is 1. The lowest BCUT2D eigenvalue weighted by Crippen LogP contribution is -2.29. The molecule has 1 aromatic rings. The molecule has 0 saturated heterocycles. The van der Waals surface area contributed by atoms with Crippen molar-refractivity contribution in [3.63, 3.8) is 0 Å². The third-order valence-corrected chi connectivity index (χ3v) is 3.80. The van der Waals surface area contributed by atoms with E-state index in [1.807, 2.05) is 0 Å². The van der Waals surface area contributed by atoms with Crippen LogP contribution in [0.5, 0.6) is 0 Å². The van der Waals surface area contributed by atoms with E-state index in [-0.39, 0.29) is 0 Å². The van der Waals surface area contributed by atoms with Crippen LogP contribution >= 0.6 is 0 Å². The first-order valence-electron chi connectivity index (χ1n) is 7.77. The molecule has 0 spiro atoms. The molecule has 0 atom stereocenters. The van der Waals surface area contributed by atoms with E-state index in [0.29, 0.717) is 0 Å². The maximum absolute atomic E-state index is 3.46. The van der Waals surface area contributed by atoms with Crippen LogP contribution in [-0.2, 0) is 6.54 Å². The van der Waals surface area contributed by atoms with Crippen LogP contribution in [-0.4, -0.2) is 19.1 Å². The summed E-state index contributed by atoms with van der Waals surface area (Å²) in [7, 11) is 0. The Morgan fingerprint density at radius 1 is 1.26 bits per heavy atom. The highest BCUT2D eigenvalue weighted by Crippen LogP contribution is 2.34. The molecule has 1 fully saturated rings. The van der Waals surface area contributed by atoms with Gasteiger partial charge in [-0.3, -0.25) is 0 Å². The van der Waals surface area contributed by atoms with E-state index in [1.165, 1.54) is 37.1 Å². The van der Waals surface area contributed by atoms with Crippen molar-refractivity contribution >= 4 is 5.69 Å². The lowest BCUT2D eigenvalue weighted by molar-refractivity contribution is 0.569. The molecular weight excluding hydrogens is 232 g/mol. The summed E-state index contributed by atoms with van der Waals surface area (Å²) < 4.78 is 0. The second-order valence-electron chi connectivity index (χ2n) is 6.02. The van der Waals surface area contributed by atoms with Gasteiger partial charge in [-0.05, 0) is 43.4 Å². The molecule has 0 aromatic heterocycles. The second kappa shape index (κ2) is 6.95. The van der Waals surface area contributed by atoms with Gasteiger partial charge in [0, 0.05) is 24.8 Å². The van der Waals surface area contributed by atoms with Crippen LogP contribution < -0.4 is 10.2 Å². The zero-order valence-corrected chi connectivity index (χ0v) is 12.7. The highest BCUT2D eigenvalue weighted by Gasteiger charge is 2.29. The molecular formula is C17H28N2. The van der Waals surface area contributed by atoms with Crippen molar-refractivity contribution < 1.29 is 0 Å². The predicted octanol–water partition coefficient (Wildman–Crippen LogP) is 3.81. The molecule has 1 saturated carbocycles. The first-order valence-corrected chi connectivity index (χ1v) is 7.77. The fourth-order valence-corrected chi connectivity index (χ4v) is 2.48. The summed E-state index contributed by atoms with van der Waals surface area (Å²) in [6.45, 7) is 10.0. The summed E-state index contributed by atoms with van der Waals surface area (Å²) in [5.74, 6) is 0.780. The number of hydrogen-bond acceptors (Lipinski definition) is 2. The zero-order valence-electron chi connectivity index (χ0n) is 12.7. The van der Waals surface area contributed by atoms with Crippen molar-refractivity contribution in [2.24, 2.45) is 5.92 Å². The summed E-state index contributed by atoms with van der Waals surface area (Å²) in [4.78, 5) is 2.65. The van der Waals surface area contributed by atoms with Crippen LogP contribution in [0.1, 0.15) is 45.6 Å². The predicted molar refractivity (Wildman–Crippen MR) is 83.6 cm³/mol. The Hall–Kier alpha value is -1.02. The SMILES string of the molecule is CCNCc1ccccc1N(CCC(C)C)C1CC1. The van der Waals surface area contributed by atoms with E-state index in [2.05, 4.69) is 55.3 Å². The molecule has 2 rings (SSSR count).